The maximum Gasteiger partial charge on any atom is 0.326 e. The molecule has 0 aliphatic carbocycles. The van der Waals surface area contributed by atoms with E-state index in [1.807, 2.05) is 0 Å². The van der Waals surface area contributed by atoms with E-state index in [4.69, 9.17) is 14.2 Å². The molecule has 3 aromatic rings. The molecule has 0 saturated carbocycles. The van der Waals surface area contributed by atoms with Crippen molar-refractivity contribution in [3.05, 3.63) is 52.3 Å². The lowest BCUT2D eigenvalue weighted by atomic mass is 10.1. The van der Waals surface area contributed by atoms with E-state index in [-0.39, 0.29) is 35.9 Å². The number of rotatable bonds is 5. The zero-order valence-electron chi connectivity index (χ0n) is 17.4. The highest BCUT2D eigenvalue weighted by atomic mass is 32.1. The van der Waals surface area contributed by atoms with Crippen molar-refractivity contribution in [3.8, 4) is 11.5 Å². The van der Waals surface area contributed by atoms with Gasteiger partial charge in [0.05, 0.1) is 28.0 Å². The number of hydrogen-bond donors (Lipinski definition) is 0. The first-order valence-electron chi connectivity index (χ1n) is 10.1. The van der Waals surface area contributed by atoms with Crippen molar-refractivity contribution in [3.63, 3.8) is 0 Å². The first-order valence-corrected chi connectivity index (χ1v) is 10.9. The first-order chi connectivity index (χ1) is 16.0. The molecule has 0 atom stereocenters. The third-order valence-corrected chi connectivity index (χ3v) is 6.20. The molecule has 0 N–H and O–H groups in total. The number of amides is 3. The molecule has 33 heavy (non-hydrogen) atoms. The number of imide groups is 1. The summed E-state index contributed by atoms with van der Waals surface area (Å²) in [5, 5.41) is 0. The Morgan fingerprint density at radius 2 is 1.73 bits per heavy atom. The predicted molar refractivity (Wildman–Crippen MR) is 115 cm³/mol. The van der Waals surface area contributed by atoms with Crippen molar-refractivity contribution < 1.29 is 33.4 Å². The highest BCUT2D eigenvalue weighted by molar-refractivity contribution is 7.16. The topological polar surface area (TPSA) is 116 Å². The number of ether oxygens (including phenoxy) is 3. The van der Waals surface area contributed by atoms with Gasteiger partial charge in [0, 0.05) is 12.1 Å². The maximum absolute atomic E-state index is 12.8. The number of nitrogens with zero attached hydrogens (tertiary/aromatic N) is 3. The minimum absolute atomic E-state index is 0.0977. The highest BCUT2D eigenvalue weighted by Gasteiger charge is 2.36. The Balaban J connectivity index is 1.50. The average Bonchev–Trinajstić information content (AvgIpc) is 3.45. The number of fused-ring (bicyclic) bond motifs is 3. The van der Waals surface area contributed by atoms with Crippen LogP contribution in [0.3, 0.4) is 0 Å². The van der Waals surface area contributed by atoms with Gasteiger partial charge in [-0.2, -0.15) is 4.99 Å². The Morgan fingerprint density at radius 1 is 1.06 bits per heavy atom. The summed E-state index contributed by atoms with van der Waals surface area (Å²) < 4.78 is 18.1. The van der Waals surface area contributed by atoms with Crippen LogP contribution in [0.15, 0.2) is 41.4 Å². The Morgan fingerprint density at radius 3 is 2.39 bits per heavy atom. The fourth-order valence-corrected chi connectivity index (χ4v) is 4.75. The molecule has 2 aliphatic heterocycles. The fraction of sp³-hybridized carbons (Fsp3) is 0.227. The quantitative estimate of drug-likeness (QED) is 0.414. The molecule has 168 valence electrons. The Labute approximate surface area is 190 Å². The highest BCUT2D eigenvalue weighted by Crippen LogP contribution is 2.37. The van der Waals surface area contributed by atoms with Crippen molar-refractivity contribution in [2.24, 2.45) is 4.99 Å². The minimum Gasteiger partial charge on any atom is -0.465 e. The number of carbonyl (C=O) groups is 4. The van der Waals surface area contributed by atoms with Gasteiger partial charge in [-0.05, 0) is 19.1 Å². The lowest BCUT2D eigenvalue weighted by Gasteiger charge is -2.10. The van der Waals surface area contributed by atoms with E-state index in [0.29, 0.717) is 17.0 Å². The van der Waals surface area contributed by atoms with Crippen LogP contribution in [0.1, 0.15) is 27.6 Å². The van der Waals surface area contributed by atoms with Gasteiger partial charge in [-0.15, -0.1) is 0 Å². The summed E-state index contributed by atoms with van der Waals surface area (Å²) in [6.45, 7) is 1.32. The SMILES string of the molecule is CCOC(=O)Cn1c(=NC(=O)CN2C(=O)c3ccccc3C2=O)sc2cc3c(cc21)OCO3. The van der Waals surface area contributed by atoms with Crippen LogP contribution >= 0.6 is 11.3 Å². The third-order valence-electron chi connectivity index (χ3n) is 5.16. The summed E-state index contributed by atoms with van der Waals surface area (Å²) in [6, 6.07) is 9.85. The molecular formula is C22H17N3O7S. The number of hydrogen-bond acceptors (Lipinski definition) is 8. The predicted octanol–water partition coefficient (Wildman–Crippen LogP) is 1.72. The molecule has 2 aromatic carbocycles. The molecule has 3 amide bonds. The van der Waals surface area contributed by atoms with Crippen molar-refractivity contribution in [1.82, 2.24) is 9.47 Å². The van der Waals surface area contributed by atoms with Crippen molar-refractivity contribution in [1.29, 1.82) is 0 Å². The number of aromatic nitrogens is 1. The summed E-state index contributed by atoms with van der Waals surface area (Å²) in [6.07, 6.45) is 0. The van der Waals surface area contributed by atoms with Gasteiger partial charge in [0.2, 0.25) is 6.79 Å². The largest absolute Gasteiger partial charge is 0.465 e. The van der Waals surface area contributed by atoms with E-state index in [9.17, 15) is 19.2 Å². The summed E-state index contributed by atoms with van der Waals surface area (Å²) in [7, 11) is 0. The van der Waals surface area contributed by atoms with Gasteiger partial charge in [-0.3, -0.25) is 24.1 Å². The standard InChI is InChI=1S/C22H17N3O7S/c1-2-30-19(27)10-24-14-7-15-16(32-11-31-15)8-17(14)33-22(24)23-18(26)9-25-20(28)12-5-3-4-6-13(12)21(25)29/h3-8H,2,9-11H2,1H3. The van der Waals surface area contributed by atoms with Gasteiger partial charge < -0.3 is 18.8 Å². The summed E-state index contributed by atoms with van der Waals surface area (Å²) >= 11 is 1.17. The number of thiazole rings is 1. The maximum atomic E-state index is 12.8. The van der Waals surface area contributed by atoms with Gasteiger partial charge in [-0.25, -0.2) is 0 Å². The third kappa shape index (κ3) is 3.65. The number of esters is 1. The molecule has 1 aromatic heterocycles. The van der Waals surface area contributed by atoms with Crippen LogP contribution in [0.2, 0.25) is 0 Å². The second-order valence-corrected chi connectivity index (χ2v) is 8.21. The molecule has 10 nitrogen and oxygen atoms in total. The van der Waals surface area contributed by atoms with Crippen LogP contribution in [0.25, 0.3) is 10.2 Å². The second-order valence-electron chi connectivity index (χ2n) is 7.20. The van der Waals surface area contributed by atoms with E-state index in [1.165, 1.54) is 11.3 Å². The smallest absolute Gasteiger partial charge is 0.326 e. The summed E-state index contributed by atoms with van der Waals surface area (Å²) in [5.41, 5.74) is 1.12. The normalized spacial score (nSPS) is 14.8. The van der Waals surface area contributed by atoms with Crippen LogP contribution in [0.4, 0.5) is 0 Å². The van der Waals surface area contributed by atoms with Gasteiger partial charge >= 0.3 is 5.97 Å². The molecule has 5 rings (SSSR count). The lowest BCUT2D eigenvalue weighted by molar-refractivity contribution is -0.143. The van der Waals surface area contributed by atoms with Crippen molar-refractivity contribution >= 4 is 45.2 Å². The molecule has 0 radical (unpaired) electrons. The van der Waals surface area contributed by atoms with E-state index in [1.54, 1.807) is 47.9 Å². The molecule has 0 spiro atoms. The van der Waals surface area contributed by atoms with Crippen LogP contribution in [-0.2, 0) is 20.9 Å². The molecule has 0 unspecified atom stereocenters. The Kier molecular flexibility index (Phi) is 5.17. The molecule has 11 heteroatoms. The van der Waals surface area contributed by atoms with E-state index >= 15 is 0 Å². The van der Waals surface area contributed by atoms with Crippen LogP contribution < -0.4 is 14.3 Å². The van der Waals surface area contributed by atoms with Gasteiger partial charge in [-0.1, -0.05) is 23.5 Å². The zero-order valence-corrected chi connectivity index (χ0v) is 18.2. The Bertz CT molecular complexity index is 1370. The molecule has 0 bridgehead atoms. The van der Waals surface area contributed by atoms with Gasteiger partial charge in [0.25, 0.3) is 17.7 Å². The van der Waals surface area contributed by atoms with Crippen molar-refractivity contribution in [2.45, 2.75) is 13.5 Å². The van der Waals surface area contributed by atoms with Crippen LogP contribution in [0.5, 0.6) is 11.5 Å². The first kappa shape index (κ1) is 20.9. The molecule has 0 saturated heterocycles. The second kappa shape index (κ2) is 8.17. The van der Waals surface area contributed by atoms with Crippen LogP contribution in [-0.4, -0.2) is 53.1 Å². The van der Waals surface area contributed by atoms with Gasteiger partial charge in [0.1, 0.15) is 13.1 Å². The number of carbonyl (C=O) groups excluding carboxylic acids is 4. The number of benzene rings is 2. The molecular weight excluding hydrogens is 450 g/mol. The summed E-state index contributed by atoms with van der Waals surface area (Å²) in [5.74, 6) is -1.21. The fourth-order valence-electron chi connectivity index (χ4n) is 3.69. The molecule has 3 heterocycles. The monoisotopic (exact) mass is 467 g/mol. The molecule has 2 aliphatic rings. The lowest BCUT2D eigenvalue weighted by Crippen LogP contribution is -2.35. The average molecular weight is 467 g/mol. The zero-order chi connectivity index (χ0) is 23.1. The van der Waals surface area contributed by atoms with Gasteiger partial charge in [0.15, 0.2) is 16.3 Å². The summed E-state index contributed by atoms with van der Waals surface area (Å²) in [4.78, 5) is 55.3. The molecule has 0 fully saturated rings. The van der Waals surface area contributed by atoms with E-state index in [2.05, 4.69) is 4.99 Å². The van der Waals surface area contributed by atoms with Crippen molar-refractivity contribution in [2.75, 3.05) is 19.9 Å². The van der Waals surface area contributed by atoms with E-state index in [0.717, 1.165) is 9.60 Å². The Hall–Kier alpha value is -3.99. The van der Waals surface area contributed by atoms with E-state index < -0.39 is 30.2 Å². The minimum atomic E-state index is -0.700. The van der Waals surface area contributed by atoms with Crippen LogP contribution in [0, 0.1) is 0 Å².